The maximum Gasteiger partial charge on any atom is 0.240 e. The van der Waals surface area contributed by atoms with Gasteiger partial charge in [0.1, 0.15) is 0 Å². The van der Waals surface area contributed by atoms with Gasteiger partial charge in [0.2, 0.25) is 5.91 Å². The van der Waals surface area contributed by atoms with E-state index in [4.69, 9.17) is 4.74 Å². The number of hydrogen-bond acceptors (Lipinski definition) is 3. The van der Waals surface area contributed by atoms with Crippen LogP contribution in [0, 0.1) is 0 Å². The molecular formula is C13H24N2O2. The molecular weight excluding hydrogens is 216 g/mol. The first-order valence-corrected chi connectivity index (χ1v) is 6.61. The molecule has 1 amide bonds. The van der Waals surface area contributed by atoms with Gasteiger partial charge in [0.15, 0.2) is 0 Å². The van der Waals surface area contributed by atoms with Gasteiger partial charge < -0.3 is 15.4 Å². The van der Waals surface area contributed by atoms with Gasteiger partial charge in [-0.05, 0) is 53.0 Å². The van der Waals surface area contributed by atoms with Gasteiger partial charge in [-0.15, -0.1) is 0 Å². The summed E-state index contributed by atoms with van der Waals surface area (Å²) < 4.78 is 5.66. The van der Waals surface area contributed by atoms with Crippen LogP contribution < -0.4 is 10.6 Å². The maximum absolute atomic E-state index is 12.2. The summed E-state index contributed by atoms with van der Waals surface area (Å²) in [5, 5.41) is 6.48. The second-order valence-electron chi connectivity index (χ2n) is 6.13. The van der Waals surface area contributed by atoms with Crippen molar-refractivity contribution in [2.45, 2.75) is 63.6 Å². The molecule has 0 bridgehead atoms. The summed E-state index contributed by atoms with van der Waals surface area (Å²) in [6, 6.07) is 0.255. The Morgan fingerprint density at radius 2 is 2.18 bits per heavy atom. The molecule has 2 N–H and O–H groups in total. The summed E-state index contributed by atoms with van der Waals surface area (Å²) in [4.78, 5) is 12.2. The van der Waals surface area contributed by atoms with E-state index >= 15 is 0 Å². The molecule has 98 valence electrons. The van der Waals surface area contributed by atoms with Gasteiger partial charge >= 0.3 is 0 Å². The van der Waals surface area contributed by atoms with Crippen molar-refractivity contribution in [3.63, 3.8) is 0 Å². The van der Waals surface area contributed by atoms with Crippen molar-refractivity contribution >= 4 is 5.91 Å². The van der Waals surface area contributed by atoms with Gasteiger partial charge in [0, 0.05) is 12.6 Å². The van der Waals surface area contributed by atoms with Gasteiger partial charge in [0.05, 0.1) is 11.1 Å². The monoisotopic (exact) mass is 240 g/mol. The Bertz CT molecular complexity index is 296. The van der Waals surface area contributed by atoms with E-state index in [9.17, 15) is 4.79 Å². The highest BCUT2D eigenvalue weighted by Crippen LogP contribution is 2.25. The van der Waals surface area contributed by atoms with Crippen LogP contribution in [-0.2, 0) is 9.53 Å². The standard InChI is InChI=1S/C13H24N2O2/c1-12(2)9-10(5-8-17-12)15-11(16)13(3)6-4-7-14-13/h10,14H,4-9H2,1-3H3,(H,15,16). The minimum Gasteiger partial charge on any atom is -0.375 e. The first-order valence-electron chi connectivity index (χ1n) is 6.61. The molecule has 2 heterocycles. The van der Waals surface area contributed by atoms with E-state index in [1.54, 1.807) is 0 Å². The Kier molecular flexibility index (Phi) is 3.46. The molecule has 2 saturated heterocycles. The maximum atomic E-state index is 12.2. The molecule has 0 aromatic heterocycles. The van der Waals surface area contributed by atoms with Crippen molar-refractivity contribution in [3.05, 3.63) is 0 Å². The summed E-state index contributed by atoms with van der Waals surface area (Å²) in [5.74, 6) is 0.151. The lowest BCUT2D eigenvalue weighted by atomic mass is 9.92. The molecule has 4 nitrogen and oxygen atoms in total. The van der Waals surface area contributed by atoms with Crippen molar-refractivity contribution < 1.29 is 9.53 Å². The molecule has 2 aliphatic heterocycles. The predicted molar refractivity (Wildman–Crippen MR) is 66.8 cm³/mol. The minimum atomic E-state index is -0.359. The minimum absolute atomic E-state index is 0.111. The highest BCUT2D eigenvalue weighted by molar-refractivity contribution is 5.86. The second-order valence-corrected chi connectivity index (χ2v) is 6.13. The van der Waals surface area contributed by atoms with Crippen molar-refractivity contribution in [1.82, 2.24) is 10.6 Å². The summed E-state index contributed by atoms with van der Waals surface area (Å²) in [5.41, 5.74) is -0.470. The molecule has 0 aliphatic carbocycles. The topological polar surface area (TPSA) is 50.4 Å². The van der Waals surface area contributed by atoms with Crippen LogP contribution in [0.3, 0.4) is 0 Å². The summed E-state index contributed by atoms with van der Waals surface area (Å²) in [6.07, 6.45) is 3.84. The molecule has 0 saturated carbocycles. The molecule has 0 radical (unpaired) electrons. The molecule has 0 aromatic carbocycles. The van der Waals surface area contributed by atoms with Gasteiger partial charge in [-0.1, -0.05) is 0 Å². The lowest BCUT2D eigenvalue weighted by molar-refractivity contribution is -0.129. The van der Waals surface area contributed by atoms with Gasteiger partial charge in [-0.25, -0.2) is 0 Å². The Hall–Kier alpha value is -0.610. The fraction of sp³-hybridized carbons (Fsp3) is 0.923. The van der Waals surface area contributed by atoms with Gasteiger partial charge in [0.25, 0.3) is 0 Å². The average molecular weight is 240 g/mol. The third kappa shape index (κ3) is 2.99. The van der Waals surface area contributed by atoms with Crippen molar-refractivity contribution in [1.29, 1.82) is 0 Å². The Morgan fingerprint density at radius 3 is 2.76 bits per heavy atom. The fourth-order valence-corrected chi connectivity index (χ4v) is 2.79. The van der Waals surface area contributed by atoms with Crippen molar-refractivity contribution in [2.75, 3.05) is 13.2 Å². The van der Waals surface area contributed by atoms with Crippen LogP contribution in [-0.4, -0.2) is 36.2 Å². The van der Waals surface area contributed by atoms with E-state index in [2.05, 4.69) is 24.5 Å². The van der Waals surface area contributed by atoms with E-state index in [-0.39, 0.29) is 23.1 Å². The first kappa shape index (κ1) is 12.8. The normalized spacial score (nSPS) is 36.8. The Balaban J connectivity index is 1.90. The number of nitrogens with one attached hydrogen (secondary N) is 2. The molecule has 0 spiro atoms. The van der Waals surface area contributed by atoms with E-state index in [1.165, 1.54) is 0 Å². The number of hydrogen-bond donors (Lipinski definition) is 2. The highest BCUT2D eigenvalue weighted by atomic mass is 16.5. The van der Waals surface area contributed by atoms with Crippen LogP contribution in [0.25, 0.3) is 0 Å². The molecule has 2 rings (SSSR count). The van der Waals surface area contributed by atoms with E-state index in [0.717, 1.165) is 38.8 Å². The zero-order valence-electron chi connectivity index (χ0n) is 11.1. The molecule has 4 heteroatoms. The molecule has 2 atom stereocenters. The fourth-order valence-electron chi connectivity index (χ4n) is 2.79. The van der Waals surface area contributed by atoms with Crippen molar-refractivity contribution in [2.24, 2.45) is 0 Å². The molecule has 2 unspecified atom stereocenters. The smallest absolute Gasteiger partial charge is 0.240 e. The third-order valence-corrected chi connectivity index (χ3v) is 3.90. The lowest BCUT2D eigenvalue weighted by Crippen LogP contribution is -2.56. The SMILES string of the molecule is CC1(C)CC(NC(=O)C2(C)CCCN2)CCO1. The van der Waals surface area contributed by atoms with Gasteiger partial charge in [-0.3, -0.25) is 4.79 Å². The van der Waals surface area contributed by atoms with E-state index < -0.39 is 0 Å². The zero-order chi connectivity index (χ0) is 12.5. The highest BCUT2D eigenvalue weighted by Gasteiger charge is 2.38. The number of amides is 1. The number of rotatable bonds is 2. The third-order valence-electron chi connectivity index (χ3n) is 3.90. The average Bonchev–Trinajstić information content (AvgIpc) is 2.65. The van der Waals surface area contributed by atoms with Crippen LogP contribution in [0.5, 0.6) is 0 Å². The quantitative estimate of drug-likeness (QED) is 0.762. The molecule has 2 fully saturated rings. The molecule has 0 aromatic rings. The Morgan fingerprint density at radius 1 is 1.41 bits per heavy atom. The van der Waals surface area contributed by atoms with Crippen LogP contribution in [0.15, 0.2) is 0 Å². The van der Waals surface area contributed by atoms with Crippen LogP contribution in [0.2, 0.25) is 0 Å². The summed E-state index contributed by atoms with van der Waals surface area (Å²) >= 11 is 0. The largest absolute Gasteiger partial charge is 0.375 e. The summed E-state index contributed by atoms with van der Waals surface area (Å²) in [6.45, 7) is 7.85. The van der Waals surface area contributed by atoms with E-state index in [1.807, 2.05) is 6.92 Å². The van der Waals surface area contributed by atoms with Crippen LogP contribution in [0.1, 0.15) is 46.5 Å². The predicted octanol–water partition coefficient (Wildman–Crippen LogP) is 1.20. The molecule has 17 heavy (non-hydrogen) atoms. The summed E-state index contributed by atoms with van der Waals surface area (Å²) in [7, 11) is 0. The first-order chi connectivity index (χ1) is 7.91. The van der Waals surface area contributed by atoms with Crippen molar-refractivity contribution in [3.8, 4) is 0 Å². The second kappa shape index (κ2) is 4.58. The van der Waals surface area contributed by atoms with Crippen LogP contribution >= 0.6 is 0 Å². The Labute approximate surface area is 103 Å². The number of carbonyl (C=O) groups excluding carboxylic acids is 1. The zero-order valence-corrected chi connectivity index (χ0v) is 11.1. The van der Waals surface area contributed by atoms with E-state index in [0.29, 0.717) is 0 Å². The lowest BCUT2D eigenvalue weighted by Gasteiger charge is -2.37. The van der Waals surface area contributed by atoms with Crippen LogP contribution in [0.4, 0.5) is 0 Å². The van der Waals surface area contributed by atoms with Gasteiger partial charge in [-0.2, -0.15) is 0 Å². The number of carbonyl (C=O) groups is 1. The molecule has 2 aliphatic rings. The number of ether oxygens (including phenoxy) is 1.